The van der Waals surface area contributed by atoms with Crippen LogP contribution < -0.4 is 0 Å². The van der Waals surface area contributed by atoms with Crippen molar-refractivity contribution in [1.82, 2.24) is 0 Å². The zero-order valence-electron chi connectivity index (χ0n) is 16.0. The molecule has 8 heteroatoms. The molecule has 2 rings (SSSR count). The van der Waals surface area contributed by atoms with E-state index in [1.54, 1.807) is 13.8 Å². The Labute approximate surface area is 155 Å². The predicted molar refractivity (Wildman–Crippen MR) is 92.3 cm³/mol. The summed E-state index contributed by atoms with van der Waals surface area (Å²) in [7, 11) is 0. The quantitative estimate of drug-likeness (QED) is 0.499. The molecule has 0 spiro atoms. The van der Waals surface area contributed by atoms with Gasteiger partial charge in [0.25, 0.3) is 0 Å². The summed E-state index contributed by atoms with van der Waals surface area (Å²) in [6.07, 6.45) is -3.83. The first-order valence-corrected chi connectivity index (χ1v) is 9.51. The second-order valence-corrected chi connectivity index (χ2v) is 7.63. The van der Waals surface area contributed by atoms with Crippen molar-refractivity contribution in [2.24, 2.45) is 0 Å². The molecular formula is C18H34O8. The van der Waals surface area contributed by atoms with Crippen molar-refractivity contribution >= 4 is 0 Å². The van der Waals surface area contributed by atoms with Crippen LogP contribution in [0.3, 0.4) is 0 Å². The van der Waals surface area contributed by atoms with Crippen LogP contribution in [0.25, 0.3) is 0 Å². The van der Waals surface area contributed by atoms with E-state index in [4.69, 9.17) is 18.9 Å². The normalized spacial score (nSPS) is 43.8. The lowest BCUT2D eigenvalue weighted by Crippen LogP contribution is -2.48. The SMILES string of the molecule is CC1O[C@@H](O[C@H](C)CC[C@@H](C)O[C@H]2OC(C)[C@@H](O)C[C@H]2O)C(O)C[C@H]1O. The van der Waals surface area contributed by atoms with E-state index in [-0.39, 0.29) is 37.3 Å². The Morgan fingerprint density at radius 3 is 1.42 bits per heavy atom. The molecule has 10 atom stereocenters. The number of aliphatic hydroxyl groups excluding tert-OH is 4. The Morgan fingerprint density at radius 2 is 1.08 bits per heavy atom. The summed E-state index contributed by atoms with van der Waals surface area (Å²) in [6, 6.07) is 0. The summed E-state index contributed by atoms with van der Waals surface area (Å²) < 4.78 is 22.6. The molecule has 154 valence electrons. The van der Waals surface area contributed by atoms with Crippen molar-refractivity contribution in [3.63, 3.8) is 0 Å². The fourth-order valence-electron chi connectivity index (χ4n) is 3.20. The highest BCUT2D eigenvalue weighted by molar-refractivity contribution is 4.80. The van der Waals surface area contributed by atoms with Gasteiger partial charge in [0, 0.05) is 12.8 Å². The molecule has 0 amide bonds. The third kappa shape index (κ3) is 6.10. The van der Waals surface area contributed by atoms with E-state index in [0.29, 0.717) is 12.8 Å². The summed E-state index contributed by atoms with van der Waals surface area (Å²) in [5.74, 6) is 0. The van der Waals surface area contributed by atoms with Gasteiger partial charge >= 0.3 is 0 Å². The number of hydrogen-bond donors (Lipinski definition) is 4. The Morgan fingerprint density at radius 1 is 0.731 bits per heavy atom. The van der Waals surface area contributed by atoms with E-state index in [2.05, 4.69) is 0 Å². The minimum atomic E-state index is -0.851. The first kappa shape index (κ1) is 22.0. The van der Waals surface area contributed by atoms with Gasteiger partial charge in [-0.3, -0.25) is 0 Å². The fraction of sp³-hybridized carbons (Fsp3) is 1.00. The van der Waals surface area contributed by atoms with Gasteiger partial charge in [0.05, 0.1) is 36.6 Å². The van der Waals surface area contributed by atoms with Crippen LogP contribution in [-0.2, 0) is 18.9 Å². The zero-order chi connectivity index (χ0) is 19.4. The van der Waals surface area contributed by atoms with Crippen LogP contribution in [-0.4, -0.2) is 81.8 Å². The van der Waals surface area contributed by atoms with Crippen LogP contribution in [0.4, 0.5) is 0 Å². The Bertz CT molecular complexity index is 384. The molecule has 0 saturated carbocycles. The maximum Gasteiger partial charge on any atom is 0.184 e. The van der Waals surface area contributed by atoms with Crippen LogP contribution in [0.2, 0.25) is 0 Å². The molecule has 2 saturated heterocycles. The topological polar surface area (TPSA) is 118 Å². The molecule has 2 aliphatic rings. The maximum atomic E-state index is 9.98. The minimum Gasteiger partial charge on any atom is -0.390 e. The largest absolute Gasteiger partial charge is 0.390 e. The van der Waals surface area contributed by atoms with Gasteiger partial charge in [-0.15, -0.1) is 0 Å². The molecule has 3 unspecified atom stereocenters. The summed E-state index contributed by atoms with van der Waals surface area (Å²) >= 11 is 0. The van der Waals surface area contributed by atoms with E-state index in [0.717, 1.165) is 0 Å². The highest BCUT2D eigenvalue weighted by atomic mass is 16.7. The molecule has 8 nitrogen and oxygen atoms in total. The highest BCUT2D eigenvalue weighted by Crippen LogP contribution is 2.25. The van der Waals surface area contributed by atoms with Crippen LogP contribution >= 0.6 is 0 Å². The lowest BCUT2D eigenvalue weighted by atomic mass is 10.0. The van der Waals surface area contributed by atoms with E-state index < -0.39 is 37.0 Å². The maximum absolute atomic E-state index is 9.98. The molecular weight excluding hydrogens is 344 g/mol. The van der Waals surface area contributed by atoms with Crippen LogP contribution in [0.15, 0.2) is 0 Å². The number of ether oxygens (including phenoxy) is 4. The van der Waals surface area contributed by atoms with Crippen molar-refractivity contribution in [3.8, 4) is 0 Å². The van der Waals surface area contributed by atoms with E-state index >= 15 is 0 Å². The third-order valence-corrected chi connectivity index (χ3v) is 5.09. The van der Waals surface area contributed by atoms with E-state index in [9.17, 15) is 20.4 Å². The van der Waals surface area contributed by atoms with Gasteiger partial charge in [-0.2, -0.15) is 0 Å². The molecule has 2 aliphatic heterocycles. The highest BCUT2D eigenvalue weighted by Gasteiger charge is 2.36. The van der Waals surface area contributed by atoms with Gasteiger partial charge < -0.3 is 39.4 Å². The Kier molecular flexibility index (Phi) is 8.24. The molecule has 0 aromatic heterocycles. The van der Waals surface area contributed by atoms with E-state index in [1.807, 2.05) is 13.8 Å². The molecule has 4 N–H and O–H groups in total. The summed E-state index contributed by atoms with van der Waals surface area (Å²) in [4.78, 5) is 0. The predicted octanol–water partition coefficient (Wildman–Crippen LogP) is 0.290. The molecule has 2 heterocycles. The molecule has 0 bridgehead atoms. The van der Waals surface area contributed by atoms with Gasteiger partial charge in [0.1, 0.15) is 12.2 Å². The third-order valence-electron chi connectivity index (χ3n) is 5.09. The second kappa shape index (κ2) is 9.75. The lowest BCUT2D eigenvalue weighted by molar-refractivity contribution is -0.279. The number of hydrogen-bond acceptors (Lipinski definition) is 8. The zero-order valence-corrected chi connectivity index (χ0v) is 16.0. The molecule has 26 heavy (non-hydrogen) atoms. The van der Waals surface area contributed by atoms with Gasteiger partial charge in [-0.1, -0.05) is 0 Å². The smallest absolute Gasteiger partial charge is 0.184 e. The van der Waals surface area contributed by atoms with Crippen molar-refractivity contribution in [3.05, 3.63) is 0 Å². The Hall–Kier alpha value is -0.320. The van der Waals surface area contributed by atoms with Crippen LogP contribution in [0, 0.1) is 0 Å². The van der Waals surface area contributed by atoms with Gasteiger partial charge in [-0.05, 0) is 40.5 Å². The molecule has 0 radical (unpaired) electrons. The summed E-state index contributed by atoms with van der Waals surface area (Å²) in [6.45, 7) is 7.29. The van der Waals surface area contributed by atoms with Crippen molar-refractivity contribution in [1.29, 1.82) is 0 Å². The van der Waals surface area contributed by atoms with Crippen molar-refractivity contribution in [2.75, 3.05) is 0 Å². The monoisotopic (exact) mass is 378 g/mol. The van der Waals surface area contributed by atoms with Crippen LogP contribution in [0.1, 0.15) is 53.4 Å². The Balaban J connectivity index is 1.70. The fourth-order valence-corrected chi connectivity index (χ4v) is 3.20. The average molecular weight is 378 g/mol. The van der Waals surface area contributed by atoms with Crippen molar-refractivity contribution < 1.29 is 39.4 Å². The minimum absolute atomic E-state index is 0.166. The van der Waals surface area contributed by atoms with Gasteiger partial charge in [-0.25, -0.2) is 0 Å². The summed E-state index contributed by atoms with van der Waals surface area (Å²) in [5.41, 5.74) is 0. The number of rotatable bonds is 7. The molecule has 0 aromatic rings. The molecule has 0 aromatic carbocycles. The van der Waals surface area contributed by atoms with Gasteiger partial charge in [0.15, 0.2) is 12.6 Å². The van der Waals surface area contributed by atoms with Crippen LogP contribution in [0.5, 0.6) is 0 Å². The molecule has 0 aliphatic carbocycles. The van der Waals surface area contributed by atoms with Gasteiger partial charge in [0.2, 0.25) is 0 Å². The average Bonchev–Trinajstić information content (AvgIpc) is 2.55. The lowest BCUT2D eigenvalue weighted by Gasteiger charge is -2.37. The summed E-state index contributed by atoms with van der Waals surface area (Å²) in [5, 5.41) is 39.3. The first-order valence-electron chi connectivity index (χ1n) is 9.51. The standard InChI is InChI=1S/C18H34O8/c1-9(23-17-15(21)7-13(19)11(3)25-17)5-6-10(2)24-18-16(22)8-14(20)12(4)26-18/h9-22H,5-8H2,1-4H3/t9-,10-,11?,12?,13-,14+,15?,16-,17-,18+/m1/s1. The van der Waals surface area contributed by atoms with Crippen molar-refractivity contribution in [2.45, 2.75) is 115 Å². The number of aliphatic hydroxyl groups is 4. The molecule has 2 fully saturated rings. The van der Waals surface area contributed by atoms with E-state index in [1.165, 1.54) is 0 Å². The second-order valence-electron chi connectivity index (χ2n) is 7.63. The first-order chi connectivity index (χ1) is 12.2.